The van der Waals surface area contributed by atoms with Crippen molar-refractivity contribution in [3.05, 3.63) is 76.5 Å². The lowest BCUT2D eigenvalue weighted by Gasteiger charge is -2.34. The van der Waals surface area contributed by atoms with Gasteiger partial charge < -0.3 is 9.47 Å². The van der Waals surface area contributed by atoms with Gasteiger partial charge in [-0.1, -0.05) is 66.2 Å². The largest absolute Gasteiger partial charge is 0.343 e. The summed E-state index contributed by atoms with van der Waals surface area (Å²) < 4.78 is 3.31. The minimum atomic E-state index is -0.428. The van der Waals surface area contributed by atoms with Crippen molar-refractivity contribution in [2.45, 2.75) is 45.1 Å². The highest BCUT2D eigenvalue weighted by Crippen LogP contribution is 2.49. The Kier molecular flexibility index (Phi) is 6.09. The SMILES string of the molecule is CCCN(CCC)C(=O)CCC1(c2ccc(Br)cc2)c2ccccc2-c2nccn21. The van der Waals surface area contributed by atoms with Crippen LogP contribution in [0.3, 0.4) is 0 Å². The highest BCUT2D eigenvalue weighted by molar-refractivity contribution is 9.10. The summed E-state index contributed by atoms with van der Waals surface area (Å²) in [6.45, 7) is 5.91. The van der Waals surface area contributed by atoms with E-state index in [1.54, 1.807) is 0 Å². The lowest BCUT2D eigenvalue weighted by atomic mass is 9.79. The Morgan fingerprint density at radius 2 is 1.77 bits per heavy atom. The van der Waals surface area contributed by atoms with Gasteiger partial charge in [0.15, 0.2) is 0 Å². The number of imidazole rings is 1. The number of aromatic nitrogens is 2. The van der Waals surface area contributed by atoms with Gasteiger partial charge in [-0.2, -0.15) is 0 Å². The first kappa shape index (κ1) is 20.9. The molecule has 0 radical (unpaired) electrons. The van der Waals surface area contributed by atoms with Gasteiger partial charge in [-0.05, 0) is 42.5 Å². The van der Waals surface area contributed by atoms with Gasteiger partial charge >= 0.3 is 0 Å². The van der Waals surface area contributed by atoms with Crippen molar-refractivity contribution in [2.24, 2.45) is 0 Å². The molecule has 2 heterocycles. The number of hydrogen-bond donors (Lipinski definition) is 0. The Balaban J connectivity index is 1.78. The van der Waals surface area contributed by atoms with E-state index in [1.807, 2.05) is 11.1 Å². The van der Waals surface area contributed by atoms with Gasteiger partial charge in [-0.25, -0.2) is 4.98 Å². The molecule has 0 aliphatic carbocycles. The van der Waals surface area contributed by atoms with Crippen LogP contribution in [0.25, 0.3) is 11.4 Å². The Bertz CT molecular complexity index is 1020. The summed E-state index contributed by atoms with van der Waals surface area (Å²) in [6, 6.07) is 17.0. The average Bonchev–Trinajstić information content (AvgIpc) is 3.34. The second kappa shape index (κ2) is 8.76. The molecule has 1 aliphatic rings. The van der Waals surface area contributed by atoms with E-state index in [-0.39, 0.29) is 5.91 Å². The van der Waals surface area contributed by atoms with Crippen molar-refractivity contribution in [1.82, 2.24) is 14.5 Å². The zero-order valence-electron chi connectivity index (χ0n) is 17.6. The molecule has 0 saturated carbocycles. The molecule has 0 bridgehead atoms. The number of fused-ring (bicyclic) bond motifs is 3. The zero-order chi connectivity index (χ0) is 21.1. The molecule has 1 amide bonds. The fraction of sp³-hybridized carbons (Fsp3) is 0.360. The van der Waals surface area contributed by atoms with Crippen LogP contribution in [0.4, 0.5) is 0 Å². The molecular formula is C25H28BrN3O. The molecule has 30 heavy (non-hydrogen) atoms. The van der Waals surface area contributed by atoms with Crippen LogP contribution in [-0.4, -0.2) is 33.4 Å². The van der Waals surface area contributed by atoms with Crippen LogP contribution in [0, 0.1) is 0 Å². The number of carbonyl (C=O) groups is 1. The van der Waals surface area contributed by atoms with Gasteiger partial charge in [-0.3, -0.25) is 4.79 Å². The molecule has 0 N–H and O–H groups in total. The summed E-state index contributed by atoms with van der Waals surface area (Å²) in [6.07, 6.45) is 7.09. The number of amides is 1. The normalized spacial score (nSPS) is 16.9. The lowest BCUT2D eigenvalue weighted by Crippen LogP contribution is -2.37. The van der Waals surface area contributed by atoms with Gasteiger partial charge in [0.05, 0.1) is 5.54 Å². The second-order valence-electron chi connectivity index (χ2n) is 7.91. The van der Waals surface area contributed by atoms with Crippen LogP contribution in [0.15, 0.2) is 65.4 Å². The molecule has 4 nitrogen and oxygen atoms in total. The molecule has 1 aliphatic heterocycles. The summed E-state index contributed by atoms with van der Waals surface area (Å²) in [5, 5.41) is 0. The summed E-state index contributed by atoms with van der Waals surface area (Å²) >= 11 is 3.56. The lowest BCUT2D eigenvalue weighted by molar-refractivity contribution is -0.131. The van der Waals surface area contributed by atoms with Crippen molar-refractivity contribution in [2.75, 3.05) is 13.1 Å². The van der Waals surface area contributed by atoms with Crippen molar-refractivity contribution >= 4 is 21.8 Å². The standard InChI is InChI=1S/C25H28BrN3O/c1-3-16-28(17-4-2)23(30)13-14-25(19-9-11-20(26)12-10-19)22-8-6-5-7-21(22)24-27-15-18-29(24)25/h5-12,15,18H,3-4,13-14,16-17H2,1-2H3. The molecule has 1 aromatic heterocycles. The molecular weight excluding hydrogens is 438 g/mol. The highest BCUT2D eigenvalue weighted by atomic mass is 79.9. The van der Waals surface area contributed by atoms with Crippen LogP contribution < -0.4 is 0 Å². The monoisotopic (exact) mass is 465 g/mol. The van der Waals surface area contributed by atoms with Gasteiger partial charge in [0.2, 0.25) is 5.91 Å². The maximum atomic E-state index is 13.2. The van der Waals surface area contributed by atoms with E-state index in [4.69, 9.17) is 0 Å². The fourth-order valence-electron chi connectivity index (χ4n) is 4.75. The average molecular weight is 466 g/mol. The Morgan fingerprint density at radius 3 is 2.47 bits per heavy atom. The van der Waals surface area contributed by atoms with Crippen LogP contribution in [0.2, 0.25) is 0 Å². The molecule has 4 rings (SSSR count). The smallest absolute Gasteiger partial charge is 0.222 e. The number of halogens is 1. The third-order valence-electron chi connectivity index (χ3n) is 6.03. The maximum absolute atomic E-state index is 13.2. The number of carbonyl (C=O) groups excluding carboxylic acids is 1. The maximum Gasteiger partial charge on any atom is 0.222 e. The summed E-state index contributed by atoms with van der Waals surface area (Å²) in [5.41, 5.74) is 3.13. The van der Waals surface area contributed by atoms with Crippen molar-refractivity contribution < 1.29 is 4.79 Å². The molecule has 2 aromatic carbocycles. The minimum absolute atomic E-state index is 0.237. The van der Waals surface area contributed by atoms with Gasteiger partial charge in [0.25, 0.3) is 0 Å². The van der Waals surface area contributed by atoms with Crippen LogP contribution >= 0.6 is 15.9 Å². The third kappa shape index (κ3) is 3.49. The fourth-order valence-corrected chi connectivity index (χ4v) is 5.01. The number of nitrogens with zero attached hydrogens (tertiary/aromatic N) is 3. The predicted octanol–water partition coefficient (Wildman–Crippen LogP) is 5.85. The van der Waals surface area contributed by atoms with Gasteiger partial charge in [0.1, 0.15) is 5.82 Å². The van der Waals surface area contributed by atoms with Crippen LogP contribution in [0.5, 0.6) is 0 Å². The first-order chi connectivity index (χ1) is 14.6. The Hall–Kier alpha value is -2.40. The van der Waals surface area contributed by atoms with Crippen molar-refractivity contribution in [1.29, 1.82) is 0 Å². The topological polar surface area (TPSA) is 38.1 Å². The summed E-state index contributed by atoms with van der Waals surface area (Å²) in [5.74, 6) is 1.21. The van der Waals surface area contributed by atoms with E-state index < -0.39 is 5.54 Å². The third-order valence-corrected chi connectivity index (χ3v) is 6.56. The second-order valence-corrected chi connectivity index (χ2v) is 8.83. The van der Waals surface area contributed by atoms with Gasteiger partial charge in [0, 0.05) is 41.9 Å². The molecule has 1 unspecified atom stereocenters. The molecule has 1 atom stereocenters. The first-order valence-corrected chi connectivity index (χ1v) is 11.6. The Labute approximate surface area is 187 Å². The molecule has 5 heteroatoms. The number of rotatable bonds is 8. The number of benzene rings is 2. The molecule has 3 aromatic rings. The van der Waals surface area contributed by atoms with E-state index >= 15 is 0 Å². The Morgan fingerprint density at radius 1 is 1.07 bits per heavy atom. The van der Waals surface area contributed by atoms with E-state index in [0.717, 1.165) is 41.8 Å². The van der Waals surface area contributed by atoms with Crippen molar-refractivity contribution in [3.63, 3.8) is 0 Å². The molecule has 0 saturated heterocycles. The minimum Gasteiger partial charge on any atom is -0.343 e. The van der Waals surface area contributed by atoms with E-state index in [1.165, 1.54) is 11.1 Å². The van der Waals surface area contributed by atoms with Gasteiger partial charge in [-0.15, -0.1) is 0 Å². The van der Waals surface area contributed by atoms with Crippen molar-refractivity contribution in [3.8, 4) is 11.4 Å². The summed E-state index contributed by atoms with van der Waals surface area (Å²) in [4.78, 5) is 19.8. The van der Waals surface area contributed by atoms with E-state index in [0.29, 0.717) is 12.8 Å². The zero-order valence-corrected chi connectivity index (χ0v) is 19.2. The van der Waals surface area contributed by atoms with Crippen LogP contribution in [-0.2, 0) is 10.3 Å². The summed E-state index contributed by atoms with van der Waals surface area (Å²) in [7, 11) is 0. The molecule has 0 spiro atoms. The first-order valence-electron chi connectivity index (χ1n) is 10.8. The highest BCUT2D eigenvalue weighted by Gasteiger charge is 2.44. The van der Waals surface area contributed by atoms with E-state index in [9.17, 15) is 4.79 Å². The molecule has 156 valence electrons. The van der Waals surface area contributed by atoms with E-state index in [2.05, 4.69) is 94.1 Å². The molecule has 0 fully saturated rings. The quantitative estimate of drug-likeness (QED) is 0.418. The number of hydrogen-bond acceptors (Lipinski definition) is 2. The van der Waals surface area contributed by atoms with Crippen LogP contribution in [0.1, 0.15) is 50.7 Å². The predicted molar refractivity (Wildman–Crippen MR) is 124 cm³/mol.